The van der Waals surface area contributed by atoms with Crippen molar-refractivity contribution in [1.82, 2.24) is 0 Å². The Morgan fingerprint density at radius 2 is 1.69 bits per heavy atom. The number of fused-ring (bicyclic) bond motifs is 1. The van der Waals surface area contributed by atoms with Crippen molar-refractivity contribution in [3.63, 3.8) is 0 Å². The van der Waals surface area contributed by atoms with Crippen molar-refractivity contribution in [3.8, 4) is 0 Å². The summed E-state index contributed by atoms with van der Waals surface area (Å²) in [6, 6.07) is 0. The Morgan fingerprint density at radius 1 is 1.15 bits per heavy atom. The predicted octanol–water partition coefficient (Wildman–Crippen LogP) is 4.02. The first-order valence-electron chi connectivity index (χ1n) is 5.22. The van der Waals surface area contributed by atoms with E-state index >= 15 is 0 Å². The highest BCUT2D eigenvalue weighted by Crippen LogP contribution is 2.68. The fourth-order valence-corrected chi connectivity index (χ4v) is 3.95. The number of halogens is 2. The smallest absolute Gasteiger partial charge is 0.171 e. The van der Waals surface area contributed by atoms with Crippen LogP contribution in [0, 0.1) is 23.2 Å². The van der Waals surface area contributed by atoms with Crippen LogP contribution in [0.15, 0.2) is 0 Å². The van der Waals surface area contributed by atoms with Crippen molar-refractivity contribution in [2.24, 2.45) is 23.2 Å². The average molecular weight is 219 g/mol. The molecule has 0 aromatic carbocycles. The number of rotatable bonds is 1. The van der Waals surface area contributed by atoms with Gasteiger partial charge in [-0.15, -0.1) is 0 Å². The second-order valence-electron chi connectivity index (χ2n) is 5.48. The molecule has 0 aliphatic heterocycles. The molecule has 0 saturated heterocycles. The van der Waals surface area contributed by atoms with Crippen molar-refractivity contribution in [3.05, 3.63) is 0 Å². The molecule has 0 N–H and O–H groups in total. The van der Waals surface area contributed by atoms with Crippen molar-refractivity contribution >= 4 is 28.5 Å². The predicted molar refractivity (Wildman–Crippen MR) is 60.4 cm³/mol. The molecule has 2 aliphatic rings. The molecular weight excluding hydrogens is 202 g/mol. The van der Waals surface area contributed by atoms with Gasteiger partial charge in [0.25, 0.3) is 0 Å². The zero-order valence-corrected chi connectivity index (χ0v) is 10.1. The van der Waals surface area contributed by atoms with Crippen molar-refractivity contribution in [2.45, 2.75) is 39.4 Å². The Labute approximate surface area is 91.3 Å². The van der Waals surface area contributed by atoms with Gasteiger partial charge in [-0.05, 0) is 35.4 Å². The monoisotopic (exact) mass is 218 g/mol. The second kappa shape index (κ2) is 3.07. The first-order chi connectivity index (χ1) is 5.94. The minimum absolute atomic E-state index is 0.160. The van der Waals surface area contributed by atoms with Crippen molar-refractivity contribution < 1.29 is 0 Å². The molecule has 0 aromatic rings. The Kier molecular flexibility index (Phi) is 2.40. The Bertz CT molecular complexity index is 215. The lowest BCUT2D eigenvalue weighted by Crippen LogP contribution is -2.21. The third kappa shape index (κ3) is 1.53. The summed E-state index contributed by atoms with van der Waals surface area (Å²) in [5, 5.41) is 0. The highest BCUT2D eigenvalue weighted by Gasteiger charge is 2.61. The summed E-state index contributed by atoms with van der Waals surface area (Å²) in [5.41, 5.74) is 0.415. The zero-order chi connectivity index (χ0) is 9.80. The lowest BCUT2D eigenvalue weighted by molar-refractivity contribution is 0.366. The van der Waals surface area contributed by atoms with Gasteiger partial charge in [-0.3, -0.25) is 0 Å². The molecule has 2 aliphatic carbocycles. The lowest BCUT2D eigenvalue weighted by atomic mass is 9.67. The van der Waals surface area contributed by atoms with Gasteiger partial charge in [0.05, 0.1) is 0 Å². The third-order valence-electron chi connectivity index (χ3n) is 4.49. The van der Waals surface area contributed by atoms with E-state index < -0.39 is 0 Å². The Hall–Kier alpha value is 0.645. The molecule has 0 amide bonds. The van der Waals surface area contributed by atoms with Gasteiger partial charge in [0.2, 0.25) is 0 Å². The SMILES string of the molecule is C[C@@H]1CC2C(C[C@H]1B(Cl)Cl)C2(C)C. The van der Waals surface area contributed by atoms with Crippen molar-refractivity contribution in [1.29, 1.82) is 0 Å². The standard InChI is InChI=1S/C10H17BCl2/c1-6-4-7-8(10(7,2)3)5-9(6)11(12)13/h6-9H,4-5H2,1-3H3/t6-,7?,8?,9-/m1/s1. The van der Waals surface area contributed by atoms with Gasteiger partial charge in [-0.2, -0.15) is 22.9 Å². The van der Waals surface area contributed by atoms with Crippen molar-refractivity contribution in [2.75, 3.05) is 0 Å². The molecule has 13 heavy (non-hydrogen) atoms. The topological polar surface area (TPSA) is 0 Å². The molecule has 0 aromatic heterocycles. The fourth-order valence-electron chi connectivity index (χ4n) is 3.25. The van der Waals surface area contributed by atoms with E-state index in [1.807, 2.05) is 0 Å². The van der Waals surface area contributed by atoms with E-state index in [0.717, 1.165) is 11.8 Å². The Balaban J connectivity index is 2.05. The van der Waals surface area contributed by atoms with Gasteiger partial charge >= 0.3 is 5.54 Å². The minimum atomic E-state index is -0.160. The second-order valence-corrected chi connectivity index (χ2v) is 6.65. The normalized spacial score (nSPS) is 46.8. The molecule has 0 bridgehead atoms. The van der Waals surface area contributed by atoms with Crippen LogP contribution >= 0.6 is 22.9 Å². The summed E-state index contributed by atoms with van der Waals surface area (Å²) in [4.78, 5) is 0. The van der Waals surface area contributed by atoms with Gasteiger partial charge < -0.3 is 0 Å². The van der Waals surface area contributed by atoms with Gasteiger partial charge in [-0.1, -0.05) is 27.2 Å². The maximum Gasteiger partial charge on any atom is 0.355 e. The summed E-state index contributed by atoms with van der Waals surface area (Å²) >= 11 is 12.0. The molecule has 4 atom stereocenters. The van der Waals surface area contributed by atoms with Gasteiger partial charge in [0.15, 0.2) is 0 Å². The molecule has 0 radical (unpaired) electrons. The fraction of sp³-hybridized carbons (Fsp3) is 1.00. The van der Waals surface area contributed by atoms with E-state index in [0.29, 0.717) is 17.2 Å². The minimum Gasteiger partial charge on any atom is -0.171 e. The highest BCUT2D eigenvalue weighted by molar-refractivity contribution is 7.34. The third-order valence-corrected chi connectivity index (χ3v) is 5.14. The summed E-state index contributed by atoms with van der Waals surface area (Å²) in [6.07, 6.45) is 2.58. The van der Waals surface area contributed by atoms with Crippen LogP contribution in [0.5, 0.6) is 0 Å². The average Bonchev–Trinajstić information content (AvgIpc) is 2.52. The van der Waals surface area contributed by atoms with E-state index in [4.69, 9.17) is 22.9 Å². The maximum absolute atomic E-state index is 5.99. The first-order valence-corrected chi connectivity index (χ1v) is 6.10. The molecule has 0 spiro atoms. The summed E-state index contributed by atoms with van der Waals surface area (Å²) in [6.45, 7) is 7.07. The molecule has 2 fully saturated rings. The lowest BCUT2D eigenvalue weighted by Gasteiger charge is -2.27. The van der Waals surface area contributed by atoms with Crippen LogP contribution in [-0.4, -0.2) is 5.54 Å². The molecule has 3 heteroatoms. The molecular formula is C10H17BCl2. The summed E-state index contributed by atoms with van der Waals surface area (Å²) in [5.74, 6) is 3.09. The van der Waals surface area contributed by atoms with Crippen LogP contribution in [0.2, 0.25) is 5.82 Å². The number of hydrogen-bond donors (Lipinski definition) is 0. The maximum atomic E-state index is 5.99. The molecule has 2 rings (SSSR count). The largest absolute Gasteiger partial charge is 0.355 e. The highest BCUT2D eigenvalue weighted by atomic mass is 35.5. The quantitative estimate of drug-likeness (QED) is 0.584. The molecule has 0 nitrogen and oxygen atoms in total. The summed E-state index contributed by atoms with van der Waals surface area (Å²) < 4.78 is 0. The molecule has 2 saturated carbocycles. The van der Waals surface area contributed by atoms with E-state index in [9.17, 15) is 0 Å². The summed E-state index contributed by atoms with van der Waals surface area (Å²) in [7, 11) is 0. The first kappa shape index (κ1) is 10.2. The van der Waals surface area contributed by atoms with E-state index in [-0.39, 0.29) is 5.54 Å². The zero-order valence-electron chi connectivity index (χ0n) is 8.56. The van der Waals surface area contributed by atoms with Crippen LogP contribution in [0.4, 0.5) is 0 Å². The van der Waals surface area contributed by atoms with Gasteiger partial charge in [0, 0.05) is 0 Å². The van der Waals surface area contributed by atoms with Gasteiger partial charge in [0.1, 0.15) is 0 Å². The van der Waals surface area contributed by atoms with E-state index in [2.05, 4.69) is 20.8 Å². The van der Waals surface area contributed by atoms with Crippen LogP contribution in [0.1, 0.15) is 33.6 Å². The Morgan fingerprint density at radius 3 is 2.23 bits per heavy atom. The van der Waals surface area contributed by atoms with Crippen LogP contribution in [-0.2, 0) is 0 Å². The van der Waals surface area contributed by atoms with Gasteiger partial charge in [-0.25, -0.2) is 0 Å². The molecule has 0 heterocycles. The van der Waals surface area contributed by atoms with Crippen LogP contribution in [0.25, 0.3) is 0 Å². The van der Waals surface area contributed by atoms with Crippen LogP contribution in [0.3, 0.4) is 0 Å². The van der Waals surface area contributed by atoms with Crippen LogP contribution < -0.4 is 0 Å². The van der Waals surface area contributed by atoms with E-state index in [1.165, 1.54) is 12.8 Å². The number of hydrogen-bond acceptors (Lipinski definition) is 0. The molecule has 2 unspecified atom stereocenters. The van der Waals surface area contributed by atoms with E-state index in [1.54, 1.807) is 0 Å². The molecule has 74 valence electrons.